The SMILES string of the molecule is CSC(=C/C(=N\O)C(C)(C)C)SC. The van der Waals surface area contributed by atoms with Crippen molar-refractivity contribution in [2.75, 3.05) is 12.5 Å². The van der Waals surface area contributed by atoms with Gasteiger partial charge in [0.25, 0.3) is 0 Å². The topological polar surface area (TPSA) is 32.6 Å². The Morgan fingerprint density at radius 2 is 1.69 bits per heavy atom. The lowest BCUT2D eigenvalue weighted by Gasteiger charge is -2.17. The van der Waals surface area contributed by atoms with Crippen LogP contribution >= 0.6 is 23.5 Å². The molecule has 0 rings (SSSR count). The van der Waals surface area contributed by atoms with E-state index in [1.54, 1.807) is 23.5 Å². The Bertz CT molecular complexity index is 210. The summed E-state index contributed by atoms with van der Waals surface area (Å²) in [6.07, 6.45) is 5.95. The minimum Gasteiger partial charge on any atom is -0.411 e. The normalized spacial score (nSPS) is 12.8. The van der Waals surface area contributed by atoms with Gasteiger partial charge in [-0.05, 0) is 18.6 Å². The number of rotatable bonds is 3. The number of thioether (sulfide) groups is 2. The average Bonchev–Trinajstić information content (AvgIpc) is 2.04. The molecular formula is C9H17NOS2. The highest BCUT2D eigenvalue weighted by molar-refractivity contribution is 8.21. The first-order chi connectivity index (χ1) is 5.95. The zero-order valence-electron chi connectivity index (χ0n) is 8.79. The molecule has 0 bridgehead atoms. The van der Waals surface area contributed by atoms with Crippen LogP contribution in [0.5, 0.6) is 0 Å². The summed E-state index contributed by atoms with van der Waals surface area (Å²) in [5.74, 6) is 0. The summed E-state index contributed by atoms with van der Waals surface area (Å²) >= 11 is 3.32. The van der Waals surface area contributed by atoms with Gasteiger partial charge in [-0.15, -0.1) is 23.5 Å². The Kier molecular flexibility index (Phi) is 5.56. The van der Waals surface area contributed by atoms with Gasteiger partial charge in [0, 0.05) is 9.65 Å². The predicted molar refractivity (Wildman–Crippen MR) is 63.8 cm³/mol. The molecule has 0 radical (unpaired) electrons. The van der Waals surface area contributed by atoms with Crippen molar-refractivity contribution in [3.05, 3.63) is 10.3 Å². The Morgan fingerprint density at radius 1 is 1.23 bits per heavy atom. The summed E-state index contributed by atoms with van der Waals surface area (Å²) in [6, 6.07) is 0. The van der Waals surface area contributed by atoms with Gasteiger partial charge in [0.05, 0.1) is 5.71 Å². The highest BCUT2D eigenvalue weighted by Gasteiger charge is 2.18. The average molecular weight is 219 g/mol. The van der Waals surface area contributed by atoms with Crippen molar-refractivity contribution in [1.82, 2.24) is 0 Å². The van der Waals surface area contributed by atoms with Crippen molar-refractivity contribution in [1.29, 1.82) is 0 Å². The van der Waals surface area contributed by atoms with E-state index in [1.165, 1.54) is 0 Å². The minimum absolute atomic E-state index is 0.106. The molecule has 4 heteroatoms. The number of oxime groups is 1. The predicted octanol–water partition coefficient (Wildman–Crippen LogP) is 3.43. The molecule has 0 unspecified atom stereocenters. The molecule has 76 valence electrons. The first kappa shape index (κ1) is 12.9. The van der Waals surface area contributed by atoms with Crippen LogP contribution in [0.2, 0.25) is 0 Å². The third-order valence-electron chi connectivity index (χ3n) is 1.53. The lowest BCUT2D eigenvalue weighted by atomic mass is 9.90. The molecule has 0 aromatic rings. The van der Waals surface area contributed by atoms with Gasteiger partial charge in [-0.2, -0.15) is 0 Å². The van der Waals surface area contributed by atoms with Gasteiger partial charge in [-0.1, -0.05) is 25.9 Å². The van der Waals surface area contributed by atoms with Crippen molar-refractivity contribution in [3.63, 3.8) is 0 Å². The number of hydrogen-bond donors (Lipinski definition) is 1. The fourth-order valence-corrected chi connectivity index (χ4v) is 1.83. The minimum atomic E-state index is -0.106. The van der Waals surface area contributed by atoms with Crippen LogP contribution in [0.25, 0.3) is 0 Å². The van der Waals surface area contributed by atoms with Crippen LogP contribution < -0.4 is 0 Å². The molecule has 0 saturated heterocycles. The molecule has 0 spiro atoms. The standard InChI is InChI=1S/C9H17NOS2/c1-9(2,3)7(10-11)6-8(12-4)13-5/h6,11H,1-5H3/b10-7+. The Hall–Kier alpha value is -0.0900. The van der Waals surface area contributed by atoms with Crippen molar-refractivity contribution in [2.45, 2.75) is 20.8 Å². The molecule has 1 N–H and O–H groups in total. The third-order valence-corrected chi connectivity index (χ3v) is 3.57. The fraction of sp³-hybridized carbons (Fsp3) is 0.667. The first-order valence-electron chi connectivity index (χ1n) is 3.98. The summed E-state index contributed by atoms with van der Waals surface area (Å²) < 4.78 is 1.16. The maximum Gasteiger partial charge on any atom is 0.0865 e. The zero-order valence-corrected chi connectivity index (χ0v) is 10.4. The van der Waals surface area contributed by atoms with Gasteiger partial charge in [0.1, 0.15) is 0 Å². The lowest BCUT2D eigenvalue weighted by molar-refractivity contribution is 0.312. The highest BCUT2D eigenvalue weighted by Crippen LogP contribution is 2.26. The van der Waals surface area contributed by atoms with Crippen molar-refractivity contribution < 1.29 is 5.21 Å². The van der Waals surface area contributed by atoms with Crippen LogP contribution in [0, 0.1) is 5.41 Å². The largest absolute Gasteiger partial charge is 0.411 e. The second-order valence-corrected chi connectivity index (χ2v) is 5.56. The number of nitrogens with zero attached hydrogens (tertiary/aromatic N) is 1. The van der Waals surface area contributed by atoms with Crippen LogP contribution in [0.1, 0.15) is 20.8 Å². The molecule has 0 atom stereocenters. The van der Waals surface area contributed by atoms with Gasteiger partial charge in [0.2, 0.25) is 0 Å². The van der Waals surface area contributed by atoms with E-state index < -0.39 is 0 Å². The lowest BCUT2D eigenvalue weighted by Crippen LogP contribution is -2.18. The molecule has 0 aromatic carbocycles. The maximum atomic E-state index is 8.83. The molecule has 0 aliphatic carbocycles. The summed E-state index contributed by atoms with van der Waals surface area (Å²) in [6.45, 7) is 6.07. The van der Waals surface area contributed by atoms with Gasteiger partial charge in [-0.3, -0.25) is 0 Å². The summed E-state index contributed by atoms with van der Waals surface area (Å²) in [7, 11) is 0. The van der Waals surface area contributed by atoms with Crippen LogP contribution in [0.15, 0.2) is 15.5 Å². The van der Waals surface area contributed by atoms with E-state index in [0.29, 0.717) is 5.71 Å². The van der Waals surface area contributed by atoms with Crippen molar-refractivity contribution >= 4 is 29.2 Å². The van der Waals surface area contributed by atoms with Crippen LogP contribution in [0.3, 0.4) is 0 Å². The molecule has 0 aromatic heterocycles. The van der Waals surface area contributed by atoms with Crippen LogP contribution in [-0.4, -0.2) is 23.4 Å². The molecule has 0 aliphatic heterocycles. The Balaban J connectivity index is 4.74. The van der Waals surface area contributed by atoms with E-state index in [2.05, 4.69) is 5.16 Å². The van der Waals surface area contributed by atoms with Gasteiger partial charge in [0.15, 0.2) is 0 Å². The quantitative estimate of drug-likeness (QED) is 0.448. The first-order valence-corrected chi connectivity index (χ1v) is 6.43. The van der Waals surface area contributed by atoms with Crippen molar-refractivity contribution in [2.24, 2.45) is 10.6 Å². The molecule has 13 heavy (non-hydrogen) atoms. The Labute approximate surface area is 88.9 Å². The maximum absolute atomic E-state index is 8.83. The molecule has 0 amide bonds. The molecule has 0 aliphatic rings. The highest BCUT2D eigenvalue weighted by atomic mass is 32.2. The van der Waals surface area contributed by atoms with Gasteiger partial charge < -0.3 is 5.21 Å². The van der Waals surface area contributed by atoms with E-state index in [9.17, 15) is 0 Å². The van der Waals surface area contributed by atoms with E-state index in [-0.39, 0.29) is 5.41 Å². The van der Waals surface area contributed by atoms with Crippen molar-refractivity contribution in [3.8, 4) is 0 Å². The molecule has 0 saturated carbocycles. The monoisotopic (exact) mass is 219 g/mol. The third kappa shape index (κ3) is 4.62. The summed E-state index contributed by atoms with van der Waals surface area (Å²) in [4.78, 5) is 0. The second-order valence-electron chi connectivity index (χ2n) is 3.61. The van der Waals surface area contributed by atoms with Crippen LogP contribution in [0.4, 0.5) is 0 Å². The number of hydrogen-bond acceptors (Lipinski definition) is 4. The van der Waals surface area contributed by atoms with Gasteiger partial charge >= 0.3 is 0 Å². The van der Waals surface area contributed by atoms with E-state index >= 15 is 0 Å². The fourth-order valence-electron chi connectivity index (χ4n) is 0.708. The molecule has 0 heterocycles. The van der Waals surface area contributed by atoms with E-state index in [0.717, 1.165) is 4.24 Å². The summed E-state index contributed by atoms with van der Waals surface area (Å²) in [5, 5.41) is 12.1. The molecule has 0 fully saturated rings. The smallest absolute Gasteiger partial charge is 0.0865 e. The molecule has 2 nitrogen and oxygen atoms in total. The van der Waals surface area contributed by atoms with Crippen LogP contribution in [-0.2, 0) is 0 Å². The summed E-state index contributed by atoms with van der Waals surface area (Å²) in [5.41, 5.74) is 0.608. The molecular weight excluding hydrogens is 202 g/mol. The van der Waals surface area contributed by atoms with Gasteiger partial charge in [-0.25, -0.2) is 0 Å². The Morgan fingerprint density at radius 3 is 1.92 bits per heavy atom. The van der Waals surface area contributed by atoms with E-state index in [1.807, 2.05) is 39.4 Å². The zero-order chi connectivity index (χ0) is 10.5. The van der Waals surface area contributed by atoms with E-state index in [4.69, 9.17) is 5.21 Å². The second kappa shape index (κ2) is 5.60. The number of allylic oxidation sites excluding steroid dienone is 1.